The summed E-state index contributed by atoms with van der Waals surface area (Å²) < 4.78 is 0. The molecule has 0 aromatic rings. The normalized spacial score (nSPS) is 23.0. The quantitative estimate of drug-likeness (QED) is 0.446. The smallest absolute Gasteiger partial charge is 0.0991 e. The molecule has 1 saturated carbocycles. The summed E-state index contributed by atoms with van der Waals surface area (Å²) in [6.07, 6.45) is 13.0. The summed E-state index contributed by atoms with van der Waals surface area (Å²) in [5.41, 5.74) is 0.668. The number of nitrogens with zero attached hydrogens (tertiary/aromatic N) is 2. The zero-order valence-electron chi connectivity index (χ0n) is 15.5. The molecular weight excluding hydrogens is 280 g/mol. The number of hydrogen-bond acceptors (Lipinski definition) is 2. The average Bonchev–Trinajstić information content (AvgIpc) is 2.53. The lowest BCUT2D eigenvalue weighted by molar-refractivity contribution is 0.151. The monoisotopic (exact) mass is 314 g/mol. The average molecular weight is 315 g/mol. The Morgan fingerprint density at radius 3 is 2.35 bits per heavy atom. The van der Waals surface area contributed by atoms with Gasteiger partial charge in [-0.05, 0) is 69.4 Å². The van der Waals surface area contributed by atoms with Gasteiger partial charge in [0.25, 0.3) is 0 Å². The van der Waals surface area contributed by atoms with Crippen LogP contribution in [0.1, 0.15) is 53.4 Å². The van der Waals surface area contributed by atoms with Crippen molar-refractivity contribution in [1.82, 2.24) is 4.90 Å². The van der Waals surface area contributed by atoms with Crippen LogP contribution < -0.4 is 0 Å². The minimum Gasteiger partial charge on any atom is -0.297 e. The molecule has 0 aromatic heterocycles. The molecule has 0 atom stereocenters. The fraction of sp³-hybridized carbons (Fsp3) is 0.667. The molecule has 2 nitrogen and oxygen atoms in total. The maximum atomic E-state index is 9.03. The third-order valence-electron chi connectivity index (χ3n) is 5.12. The lowest BCUT2D eigenvalue weighted by Crippen LogP contribution is -2.37. The maximum Gasteiger partial charge on any atom is 0.0991 e. The Hall–Kier alpha value is -1.33. The first-order valence-electron chi connectivity index (χ1n) is 9.11. The van der Waals surface area contributed by atoms with Gasteiger partial charge in [0.15, 0.2) is 0 Å². The van der Waals surface area contributed by atoms with E-state index >= 15 is 0 Å². The van der Waals surface area contributed by atoms with Crippen molar-refractivity contribution in [2.24, 2.45) is 17.8 Å². The fourth-order valence-corrected chi connectivity index (χ4v) is 3.44. The highest BCUT2D eigenvalue weighted by Gasteiger charge is 2.24. The molecule has 0 aliphatic heterocycles. The second-order valence-electron chi connectivity index (χ2n) is 7.44. The molecular formula is C21H34N2. The Balaban J connectivity index is 2.50. The largest absolute Gasteiger partial charge is 0.297 e. The number of rotatable bonds is 8. The standard InChI is InChI=1S/C21H34N2/c1-6-8-19(15-22)9-7-14-23(18(4)5)16-20-10-12-21(13-11-20)17(2)3/h6-9,17-18,20-21H,1,10-14,16H2,2-5H3/b9-7-,19-8+. The van der Waals surface area contributed by atoms with Crippen molar-refractivity contribution in [3.05, 3.63) is 36.5 Å². The Bertz CT molecular complexity index is 443. The minimum absolute atomic E-state index is 0.538. The second kappa shape index (κ2) is 10.4. The van der Waals surface area contributed by atoms with Crippen LogP contribution in [0.15, 0.2) is 36.5 Å². The van der Waals surface area contributed by atoms with Crippen LogP contribution in [0.25, 0.3) is 0 Å². The zero-order chi connectivity index (χ0) is 17.2. The predicted octanol–water partition coefficient (Wildman–Crippen LogP) is 5.35. The summed E-state index contributed by atoms with van der Waals surface area (Å²) in [7, 11) is 0. The van der Waals surface area contributed by atoms with E-state index in [2.05, 4.69) is 51.3 Å². The lowest BCUT2D eigenvalue weighted by atomic mass is 9.77. The predicted molar refractivity (Wildman–Crippen MR) is 100 cm³/mol. The van der Waals surface area contributed by atoms with Crippen molar-refractivity contribution in [3.8, 4) is 6.07 Å². The van der Waals surface area contributed by atoms with Gasteiger partial charge in [-0.3, -0.25) is 4.90 Å². The molecule has 1 rings (SSSR count). The minimum atomic E-state index is 0.538. The van der Waals surface area contributed by atoms with Crippen molar-refractivity contribution < 1.29 is 0 Å². The lowest BCUT2D eigenvalue weighted by Gasteiger charge is -2.35. The molecule has 1 aliphatic carbocycles. The van der Waals surface area contributed by atoms with Gasteiger partial charge in [-0.2, -0.15) is 5.26 Å². The van der Waals surface area contributed by atoms with Crippen molar-refractivity contribution in [2.45, 2.75) is 59.4 Å². The van der Waals surface area contributed by atoms with Gasteiger partial charge in [0.05, 0.1) is 11.6 Å². The summed E-state index contributed by atoms with van der Waals surface area (Å²) in [5, 5.41) is 9.03. The van der Waals surface area contributed by atoms with E-state index < -0.39 is 0 Å². The zero-order valence-corrected chi connectivity index (χ0v) is 15.5. The van der Waals surface area contributed by atoms with Gasteiger partial charge < -0.3 is 0 Å². The van der Waals surface area contributed by atoms with Crippen LogP contribution in [0.5, 0.6) is 0 Å². The summed E-state index contributed by atoms with van der Waals surface area (Å²) in [6.45, 7) is 15.0. The molecule has 0 saturated heterocycles. The highest BCUT2D eigenvalue weighted by Crippen LogP contribution is 2.33. The van der Waals surface area contributed by atoms with Crippen LogP contribution in [0, 0.1) is 29.1 Å². The summed E-state index contributed by atoms with van der Waals surface area (Å²) >= 11 is 0. The Morgan fingerprint density at radius 1 is 1.22 bits per heavy atom. The van der Waals surface area contributed by atoms with E-state index in [1.54, 1.807) is 12.2 Å². The molecule has 0 amide bonds. The third kappa shape index (κ3) is 7.18. The molecule has 0 heterocycles. The van der Waals surface area contributed by atoms with Crippen LogP contribution in [0.3, 0.4) is 0 Å². The van der Waals surface area contributed by atoms with E-state index in [0.717, 1.165) is 24.3 Å². The van der Waals surface area contributed by atoms with Gasteiger partial charge >= 0.3 is 0 Å². The molecule has 1 aliphatic rings. The Labute approximate surface area is 143 Å². The molecule has 0 radical (unpaired) electrons. The first-order chi connectivity index (χ1) is 11.0. The molecule has 0 unspecified atom stereocenters. The van der Waals surface area contributed by atoms with Gasteiger partial charge in [-0.1, -0.05) is 32.6 Å². The van der Waals surface area contributed by atoms with Crippen molar-refractivity contribution in [2.75, 3.05) is 13.1 Å². The van der Waals surface area contributed by atoms with Crippen molar-refractivity contribution in [1.29, 1.82) is 5.26 Å². The summed E-state index contributed by atoms with van der Waals surface area (Å²) in [6, 6.07) is 2.73. The Morgan fingerprint density at radius 2 is 1.87 bits per heavy atom. The highest BCUT2D eigenvalue weighted by molar-refractivity contribution is 5.35. The van der Waals surface area contributed by atoms with Crippen LogP contribution in [-0.2, 0) is 0 Å². The van der Waals surface area contributed by atoms with Gasteiger partial charge in [0.1, 0.15) is 0 Å². The van der Waals surface area contributed by atoms with Gasteiger partial charge in [0.2, 0.25) is 0 Å². The maximum absolute atomic E-state index is 9.03. The Kier molecular flexibility index (Phi) is 8.95. The third-order valence-corrected chi connectivity index (χ3v) is 5.12. The van der Waals surface area contributed by atoms with Crippen LogP contribution in [-0.4, -0.2) is 24.0 Å². The molecule has 0 aromatic carbocycles. The van der Waals surface area contributed by atoms with E-state index in [4.69, 9.17) is 5.26 Å². The van der Waals surface area contributed by atoms with Crippen LogP contribution >= 0.6 is 0 Å². The van der Waals surface area contributed by atoms with E-state index in [1.807, 2.05) is 6.08 Å². The molecule has 2 heteroatoms. The number of nitriles is 1. The summed E-state index contributed by atoms with van der Waals surface area (Å²) in [5.74, 6) is 2.60. The SMILES string of the molecule is C=C/C=C(C#N)\C=C/CN(CC1CCC(C(C)C)CC1)C(C)C. The highest BCUT2D eigenvalue weighted by atomic mass is 15.1. The summed E-state index contributed by atoms with van der Waals surface area (Å²) in [4.78, 5) is 2.53. The first kappa shape index (κ1) is 19.7. The van der Waals surface area contributed by atoms with Crippen molar-refractivity contribution in [3.63, 3.8) is 0 Å². The molecule has 0 bridgehead atoms. The number of allylic oxidation sites excluding steroid dienone is 4. The molecule has 1 fully saturated rings. The van der Waals surface area contributed by atoms with Gasteiger partial charge in [-0.25, -0.2) is 0 Å². The molecule has 0 N–H and O–H groups in total. The molecule has 0 spiro atoms. The molecule has 128 valence electrons. The van der Waals surface area contributed by atoms with Gasteiger partial charge in [-0.15, -0.1) is 0 Å². The van der Waals surface area contributed by atoms with E-state index in [1.165, 1.54) is 32.2 Å². The fourth-order valence-electron chi connectivity index (χ4n) is 3.44. The van der Waals surface area contributed by atoms with Crippen LogP contribution in [0.4, 0.5) is 0 Å². The van der Waals surface area contributed by atoms with Gasteiger partial charge in [0, 0.05) is 19.1 Å². The topological polar surface area (TPSA) is 27.0 Å². The second-order valence-corrected chi connectivity index (χ2v) is 7.44. The van der Waals surface area contributed by atoms with E-state index in [-0.39, 0.29) is 0 Å². The van der Waals surface area contributed by atoms with E-state index in [9.17, 15) is 0 Å². The van der Waals surface area contributed by atoms with Crippen molar-refractivity contribution >= 4 is 0 Å². The first-order valence-corrected chi connectivity index (χ1v) is 9.11. The molecule has 23 heavy (non-hydrogen) atoms. The van der Waals surface area contributed by atoms with Crippen LogP contribution in [0.2, 0.25) is 0 Å². The van der Waals surface area contributed by atoms with E-state index in [0.29, 0.717) is 11.6 Å². The number of hydrogen-bond donors (Lipinski definition) is 0.